The monoisotopic (exact) mass is 138 g/mol. The van der Waals surface area contributed by atoms with E-state index in [9.17, 15) is 4.39 Å². The van der Waals surface area contributed by atoms with Crippen molar-refractivity contribution in [3.63, 3.8) is 0 Å². The summed E-state index contributed by atoms with van der Waals surface area (Å²) in [4.78, 5) is 0. The van der Waals surface area contributed by atoms with Crippen molar-refractivity contribution in [2.45, 2.75) is 0 Å². The average Bonchev–Trinajstić information content (AvgIpc) is 1.82. The van der Waals surface area contributed by atoms with Crippen LogP contribution in [0.1, 0.15) is 0 Å². The maximum absolute atomic E-state index is 12.4. The lowest BCUT2D eigenvalue weighted by atomic mass is 9.96. The van der Waals surface area contributed by atoms with Crippen LogP contribution in [0.5, 0.6) is 11.5 Å². The molecule has 0 aromatic heterocycles. The summed E-state index contributed by atoms with van der Waals surface area (Å²) in [7, 11) is 5.14. The van der Waals surface area contributed by atoms with Crippen LogP contribution in [0.2, 0.25) is 0 Å². The van der Waals surface area contributed by atoms with Crippen LogP contribution >= 0.6 is 0 Å². The highest BCUT2D eigenvalue weighted by molar-refractivity contribution is 6.32. The molecule has 0 bridgehead atoms. The first-order valence-electron chi connectivity index (χ1n) is 2.58. The average molecular weight is 138 g/mol. The Kier molecular flexibility index (Phi) is 1.53. The van der Waals surface area contributed by atoms with Gasteiger partial charge in [0.2, 0.25) is 5.82 Å². The lowest BCUT2D eigenvalue weighted by Crippen LogP contribution is -2.00. The van der Waals surface area contributed by atoms with Crippen molar-refractivity contribution in [1.29, 1.82) is 0 Å². The zero-order valence-corrected chi connectivity index (χ0v) is 5.00. The highest BCUT2D eigenvalue weighted by atomic mass is 19.1. The van der Waals surface area contributed by atoms with Gasteiger partial charge in [0.25, 0.3) is 0 Å². The van der Waals surface area contributed by atoms with Gasteiger partial charge < -0.3 is 10.2 Å². The Bertz CT molecular complexity index is 239. The van der Waals surface area contributed by atoms with Crippen molar-refractivity contribution in [2.75, 3.05) is 0 Å². The maximum atomic E-state index is 12.4. The largest absolute Gasteiger partial charge is 0.505 e. The quantitative estimate of drug-likeness (QED) is 0.496. The molecule has 0 heterocycles. The van der Waals surface area contributed by atoms with E-state index in [-0.39, 0.29) is 5.46 Å². The number of halogens is 1. The zero-order chi connectivity index (χ0) is 7.72. The molecule has 0 aliphatic heterocycles. The highest BCUT2D eigenvalue weighted by Gasteiger charge is 2.05. The van der Waals surface area contributed by atoms with Gasteiger partial charge in [0.05, 0.1) is 0 Å². The van der Waals surface area contributed by atoms with E-state index in [1.807, 2.05) is 0 Å². The predicted octanol–water partition coefficient (Wildman–Crippen LogP) is 0.0307. The summed E-state index contributed by atoms with van der Waals surface area (Å²) in [6, 6.07) is 2.05. The molecule has 50 valence electrons. The van der Waals surface area contributed by atoms with Crippen LogP contribution in [0, 0.1) is 5.82 Å². The normalized spacial score (nSPS) is 9.70. The Morgan fingerprint density at radius 2 is 1.60 bits per heavy atom. The van der Waals surface area contributed by atoms with E-state index < -0.39 is 17.3 Å². The zero-order valence-electron chi connectivity index (χ0n) is 5.00. The number of hydrogen-bond donors (Lipinski definition) is 2. The molecule has 0 amide bonds. The van der Waals surface area contributed by atoms with Crippen molar-refractivity contribution in [2.24, 2.45) is 0 Å². The SMILES string of the molecule is [B]c1cc(O)c(F)c(O)c1. The summed E-state index contributed by atoms with van der Waals surface area (Å²) < 4.78 is 12.4. The van der Waals surface area contributed by atoms with Crippen LogP contribution in [0.25, 0.3) is 0 Å². The second-order valence-electron chi connectivity index (χ2n) is 1.87. The molecule has 0 saturated heterocycles. The molecule has 2 radical (unpaired) electrons. The Balaban J connectivity index is 3.31. The molecule has 0 saturated carbocycles. The summed E-state index contributed by atoms with van der Waals surface area (Å²) in [5, 5.41) is 17.3. The lowest BCUT2D eigenvalue weighted by Gasteiger charge is -1.99. The van der Waals surface area contributed by atoms with Gasteiger partial charge in [-0.3, -0.25) is 0 Å². The lowest BCUT2D eigenvalue weighted by molar-refractivity contribution is 0.390. The van der Waals surface area contributed by atoms with Gasteiger partial charge in [0, 0.05) is 0 Å². The minimum Gasteiger partial charge on any atom is -0.505 e. The van der Waals surface area contributed by atoms with Crippen LogP contribution in [0.15, 0.2) is 12.1 Å². The Hall–Kier alpha value is -1.19. The molecule has 1 aromatic rings. The van der Waals surface area contributed by atoms with Gasteiger partial charge in [-0.2, -0.15) is 4.39 Å². The van der Waals surface area contributed by atoms with Crippen molar-refractivity contribution in [3.8, 4) is 11.5 Å². The predicted molar refractivity (Wildman–Crippen MR) is 35.1 cm³/mol. The van der Waals surface area contributed by atoms with E-state index in [1.54, 1.807) is 0 Å². The van der Waals surface area contributed by atoms with Crippen molar-refractivity contribution >= 4 is 13.3 Å². The smallest absolute Gasteiger partial charge is 0.206 e. The molecule has 1 rings (SSSR count). The van der Waals surface area contributed by atoms with Crippen LogP contribution in [0.4, 0.5) is 4.39 Å². The summed E-state index contributed by atoms with van der Waals surface area (Å²) in [6.07, 6.45) is 0. The molecule has 2 nitrogen and oxygen atoms in total. The fraction of sp³-hybridized carbons (Fsp3) is 0. The summed E-state index contributed by atoms with van der Waals surface area (Å²) in [5.41, 5.74) is 0.122. The molecule has 0 fully saturated rings. The fourth-order valence-corrected chi connectivity index (χ4v) is 0.615. The van der Waals surface area contributed by atoms with Crippen LogP contribution in [0.3, 0.4) is 0 Å². The highest BCUT2D eigenvalue weighted by Crippen LogP contribution is 2.21. The van der Waals surface area contributed by atoms with Gasteiger partial charge in [-0.05, 0) is 12.1 Å². The van der Waals surface area contributed by atoms with Gasteiger partial charge in [0.1, 0.15) is 7.85 Å². The molecule has 0 atom stereocenters. The van der Waals surface area contributed by atoms with E-state index in [1.165, 1.54) is 0 Å². The van der Waals surface area contributed by atoms with Crippen molar-refractivity contribution < 1.29 is 14.6 Å². The van der Waals surface area contributed by atoms with Gasteiger partial charge in [-0.1, -0.05) is 5.46 Å². The first-order valence-corrected chi connectivity index (χ1v) is 2.58. The van der Waals surface area contributed by atoms with Gasteiger partial charge in [-0.25, -0.2) is 0 Å². The first-order chi connectivity index (χ1) is 4.61. The molecule has 1 aromatic carbocycles. The Labute approximate surface area is 58.3 Å². The second kappa shape index (κ2) is 2.21. The molecule has 0 spiro atoms. The molecule has 0 unspecified atom stereocenters. The van der Waals surface area contributed by atoms with Crippen LogP contribution < -0.4 is 5.46 Å². The van der Waals surface area contributed by atoms with Crippen molar-refractivity contribution in [1.82, 2.24) is 0 Å². The molecular formula is C6H4BFO2. The third-order valence-corrected chi connectivity index (χ3v) is 1.06. The summed E-state index contributed by atoms with van der Waals surface area (Å²) in [6.45, 7) is 0. The minimum absolute atomic E-state index is 0.122. The van der Waals surface area contributed by atoms with E-state index in [2.05, 4.69) is 0 Å². The van der Waals surface area contributed by atoms with Gasteiger partial charge in [0.15, 0.2) is 11.5 Å². The number of phenolic OH excluding ortho intramolecular Hbond substituents is 2. The number of phenols is 2. The minimum atomic E-state index is -1.05. The molecular weight excluding hydrogens is 134 g/mol. The van der Waals surface area contributed by atoms with Gasteiger partial charge in [-0.15, -0.1) is 0 Å². The molecule has 0 aliphatic rings. The summed E-state index contributed by atoms with van der Waals surface area (Å²) in [5.74, 6) is -2.33. The third kappa shape index (κ3) is 1.05. The van der Waals surface area contributed by atoms with E-state index >= 15 is 0 Å². The molecule has 2 N–H and O–H groups in total. The maximum Gasteiger partial charge on any atom is 0.206 e. The Morgan fingerprint density at radius 3 is 2.00 bits per heavy atom. The molecule has 0 aliphatic carbocycles. The van der Waals surface area contributed by atoms with Crippen molar-refractivity contribution in [3.05, 3.63) is 17.9 Å². The molecule has 4 heteroatoms. The first kappa shape index (κ1) is 6.93. The second-order valence-corrected chi connectivity index (χ2v) is 1.87. The van der Waals surface area contributed by atoms with Gasteiger partial charge >= 0.3 is 0 Å². The van der Waals surface area contributed by atoms with Crippen LogP contribution in [-0.2, 0) is 0 Å². The molecule has 10 heavy (non-hydrogen) atoms. The Morgan fingerprint density at radius 1 is 1.20 bits per heavy atom. The number of rotatable bonds is 0. The topological polar surface area (TPSA) is 40.5 Å². The van der Waals surface area contributed by atoms with E-state index in [0.717, 1.165) is 12.1 Å². The van der Waals surface area contributed by atoms with E-state index in [0.29, 0.717) is 0 Å². The number of benzene rings is 1. The number of aromatic hydroxyl groups is 2. The van der Waals surface area contributed by atoms with Crippen LogP contribution in [-0.4, -0.2) is 18.1 Å². The standard InChI is InChI=1S/C6H4BFO2/c7-3-1-4(9)6(8)5(10)2-3/h1-2,9-10H. The summed E-state index contributed by atoms with van der Waals surface area (Å²) >= 11 is 0. The fourth-order valence-electron chi connectivity index (χ4n) is 0.615. The number of hydrogen-bond acceptors (Lipinski definition) is 2. The van der Waals surface area contributed by atoms with E-state index in [4.69, 9.17) is 18.1 Å². The third-order valence-electron chi connectivity index (χ3n) is 1.06.